The van der Waals surface area contributed by atoms with Crippen LogP contribution in [0.25, 0.3) is 66.1 Å². The molecule has 0 radical (unpaired) electrons. The lowest BCUT2D eigenvalue weighted by molar-refractivity contribution is -0.137. The number of rotatable bonds is 17. The molecule has 28 heteroatoms. The molecule has 20 nitrogen and oxygen atoms in total. The van der Waals surface area contributed by atoms with Crippen molar-refractivity contribution in [1.82, 2.24) is 71.0 Å². The molecule has 0 spiro atoms. The fourth-order valence-electron chi connectivity index (χ4n) is 9.11. The van der Waals surface area contributed by atoms with E-state index in [0.29, 0.717) is 45.7 Å². The van der Waals surface area contributed by atoms with E-state index in [9.17, 15) is 26.3 Å². The van der Waals surface area contributed by atoms with E-state index in [2.05, 4.69) is 87.4 Å². The summed E-state index contributed by atoms with van der Waals surface area (Å²) >= 11 is 12.6. The van der Waals surface area contributed by atoms with Crippen LogP contribution >= 0.6 is 23.2 Å². The predicted octanol–water partition coefficient (Wildman–Crippen LogP) is 14.1. The molecule has 0 amide bonds. The van der Waals surface area contributed by atoms with Crippen LogP contribution in [0, 0.1) is 0 Å². The van der Waals surface area contributed by atoms with Crippen LogP contribution < -0.4 is 31.7 Å². The summed E-state index contributed by atoms with van der Waals surface area (Å²) in [4.78, 5) is 3.99. The molecule has 12 rings (SSSR count). The summed E-state index contributed by atoms with van der Waals surface area (Å²) in [5, 5.41) is 62.4. The standard InChI is InChI=1S/C22H21F3N6O.C21H21Cl2N7.C18H13F3N6/c1-31(2)11-12-32-21-16(14-7-3-5-9-17(14)22(23,24)25)13-19(28-30-21)26-20-15-8-4-6-10-18(15)27-29-20;1-30(2)10-9-24-20-16(14-8-7-13(22)11-17(14)23)12-19(27-28-20)25-21-15-5-3-4-6-18(15)26-29-21;19-18(20,21)13-7-3-1-5-10(13)12-9-15(25-26-16(12)22)23-17-11-6-2-4-8-14(11)24-27-17/h3-10,13H,11-12H2,1-2H3,(H2,26,27,28,29);3-8,11-12H,9-10H2,1-2H3,(H,24,28)(H2,25,26,27,29);1-9H,(H2,22,26)(H2,23,24,25,27). The molecule has 12 aromatic rings. The number of hydrogen-bond acceptors (Lipinski definition) is 17. The van der Waals surface area contributed by atoms with Gasteiger partial charge in [-0.25, -0.2) is 0 Å². The van der Waals surface area contributed by atoms with Crippen LogP contribution in [0.1, 0.15) is 11.1 Å². The second-order valence-corrected chi connectivity index (χ2v) is 21.1. The number of nitrogen functional groups attached to an aromatic ring is 1. The Labute approximate surface area is 514 Å². The number of H-pyrrole nitrogens is 3. The number of benzene rings is 6. The zero-order valence-electron chi connectivity index (χ0n) is 47.8. The number of aromatic nitrogens is 12. The molecular weight excluding hydrogens is 1200 g/mol. The number of fused-ring (bicyclic) bond motifs is 3. The van der Waals surface area contributed by atoms with Crippen molar-refractivity contribution >= 4 is 102 Å². The first-order chi connectivity index (χ1) is 42.8. The molecule has 0 aliphatic heterocycles. The van der Waals surface area contributed by atoms with Gasteiger partial charge in [-0.1, -0.05) is 102 Å². The average molecular weight is 1260 g/mol. The lowest BCUT2D eigenvalue weighted by atomic mass is 10.00. The molecule has 0 unspecified atom stereocenters. The van der Waals surface area contributed by atoms with Crippen LogP contribution in [0.2, 0.25) is 10.0 Å². The number of hydrogen-bond donors (Lipinski definition) is 8. The Kier molecular flexibility index (Phi) is 19.0. The van der Waals surface area contributed by atoms with Crippen LogP contribution in [0.4, 0.5) is 72.9 Å². The first-order valence-electron chi connectivity index (χ1n) is 27.2. The molecule has 6 aromatic heterocycles. The Hall–Kier alpha value is -10.2. The van der Waals surface area contributed by atoms with E-state index in [1.165, 1.54) is 42.5 Å². The highest BCUT2D eigenvalue weighted by Crippen LogP contribution is 2.42. The third kappa shape index (κ3) is 15.2. The quantitative estimate of drug-likeness (QED) is 0.0395. The molecule has 0 bridgehead atoms. The zero-order chi connectivity index (χ0) is 62.8. The summed E-state index contributed by atoms with van der Waals surface area (Å²) in [5.41, 5.74) is 8.68. The number of anilines is 8. The lowest BCUT2D eigenvalue weighted by Gasteiger charge is -2.17. The van der Waals surface area contributed by atoms with Crippen molar-refractivity contribution in [3.8, 4) is 39.3 Å². The minimum atomic E-state index is -4.53. The molecule has 6 heterocycles. The molecule has 6 aromatic carbocycles. The van der Waals surface area contributed by atoms with Crippen molar-refractivity contribution in [1.29, 1.82) is 0 Å². The van der Waals surface area contributed by atoms with Gasteiger partial charge in [0.1, 0.15) is 6.61 Å². The number of aromatic amines is 3. The van der Waals surface area contributed by atoms with Gasteiger partial charge in [-0.3, -0.25) is 15.3 Å². The van der Waals surface area contributed by atoms with E-state index in [-0.39, 0.29) is 52.2 Å². The highest BCUT2D eigenvalue weighted by Gasteiger charge is 2.35. The first-order valence-corrected chi connectivity index (χ1v) is 28.0. The van der Waals surface area contributed by atoms with Gasteiger partial charge in [0.25, 0.3) is 0 Å². The fourth-order valence-corrected chi connectivity index (χ4v) is 9.62. The van der Waals surface area contributed by atoms with Gasteiger partial charge in [0.05, 0.1) is 32.7 Å². The SMILES string of the molecule is CN(C)CCNc1nnc(Nc2n[nH]c3ccccc23)cc1-c1ccc(Cl)cc1Cl.CN(C)CCOc1nnc(Nc2n[nH]c3ccccc23)cc1-c1ccccc1C(F)(F)F.Nc1nnc(Nc2n[nH]c3ccccc23)cc1-c1ccccc1C(F)(F)F. The molecule has 0 aliphatic rings. The van der Waals surface area contributed by atoms with Crippen LogP contribution in [-0.2, 0) is 12.4 Å². The number of nitrogens with one attached hydrogen (secondary N) is 7. The van der Waals surface area contributed by atoms with Crippen LogP contribution in [0.5, 0.6) is 5.88 Å². The Morgan fingerprint density at radius 2 is 0.899 bits per heavy atom. The average Bonchev–Trinajstić information content (AvgIpc) is 2.90. The summed E-state index contributed by atoms with van der Waals surface area (Å²) in [6.45, 7) is 2.40. The third-order valence-corrected chi connectivity index (χ3v) is 14.0. The van der Waals surface area contributed by atoms with Gasteiger partial charge in [0.2, 0.25) is 5.88 Å². The number of halogens is 8. The van der Waals surface area contributed by atoms with E-state index in [4.69, 9.17) is 33.7 Å². The molecular formula is C61H55Cl2F6N19O. The van der Waals surface area contributed by atoms with E-state index in [1.807, 2.05) is 118 Å². The highest BCUT2D eigenvalue weighted by atomic mass is 35.5. The Bertz CT molecular complexity index is 4400. The second-order valence-electron chi connectivity index (χ2n) is 20.3. The van der Waals surface area contributed by atoms with Gasteiger partial charge in [-0.2, -0.15) is 41.6 Å². The summed E-state index contributed by atoms with van der Waals surface area (Å²) in [5.74, 6) is 3.28. The molecule has 0 saturated heterocycles. The maximum atomic E-state index is 13.7. The van der Waals surface area contributed by atoms with Gasteiger partial charge >= 0.3 is 12.4 Å². The molecule has 0 saturated carbocycles. The Morgan fingerprint density at radius 1 is 0.461 bits per heavy atom. The van der Waals surface area contributed by atoms with Gasteiger partial charge in [0, 0.05) is 63.1 Å². The maximum Gasteiger partial charge on any atom is 0.417 e. The summed E-state index contributed by atoms with van der Waals surface area (Å²) < 4.78 is 86.8. The lowest BCUT2D eigenvalue weighted by Crippen LogP contribution is -2.21. The summed E-state index contributed by atoms with van der Waals surface area (Å²) in [6, 6.07) is 43.5. The van der Waals surface area contributed by atoms with Crippen molar-refractivity contribution < 1.29 is 31.1 Å². The predicted molar refractivity (Wildman–Crippen MR) is 336 cm³/mol. The molecule has 0 fully saturated rings. The van der Waals surface area contributed by atoms with Crippen LogP contribution in [-0.4, -0.2) is 125 Å². The van der Waals surface area contributed by atoms with Crippen molar-refractivity contribution in [3.63, 3.8) is 0 Å². The molecule has 0 aliphatic carbocycles. The van der Waals surface area contributed by atoms with Gasteiger partial charge in [0.15, 0.2) is 46.5 Å². The maximum absolute atomic E-state index is 13.7. The number of para-hydroxylation sites is 3. The molecule has 89 heavy (non-hydrogen) atoms. The van der Waals surface area contributed by atoms with E-state index < -0.39 is 23.5 Å². The van der Waals surface area contributed by atoms with Gasteiger partial charge in [-0.15, -0.1) is 30.6 Å². The minimum absolute atomic E-state index is 0.0287. The smallest absolute Gasteiger partial charge is 0.417 e. The fraction of sp³-hybridized carbons (Fsp3) is 0.164. The molecule has 0 atom stereocenters. The largest absolute Gasteiger partial charge is 0.475 e. The van der Waals surface area contributed by atoms with Crippen molar-refractivity contribution in [2.45, 2.75) is 12.4 Å². The number of ether oxygens (including phenoxy) is 1. The third-order valence-electron chi connectivity index (χ3n) is 13.4. The topological polar surface area (TPSA) is 253 Å². The first kappa shape index (κ1) is 61.9. The molecule has 9 N–H and O–H groups in total. The second kappa shape index (κ2) is 27.3. The number of nitrogens with two attached hydrogens (primary N) is 1. The zero-order valence-corrected chi connectivity index (χ0v) is 49.3. The number of nitrogens with zero attached hydrogens (tertiary/aromatic N) is 11. The monoisotopic (exact) mass is 1250 g/mol. The Balaban J connectivity index is 0.000000148. The van der Waals surface area contributed by atoms with Crippen LogP contribution in [0.3, 0.4) is 0 Å². The van der Waals surface area contributed by atoms with Gasteiger partial charge < -0.3 is 41.5 Å². The summed E-state index contributed by atoms with van der Waals surface area (Å²) in [6.07, 6.45) is -9.05. The van der Waals surface area contributed by atoms with E-state index in [0.717, 1.165) is 69.1 Å². The minimum Gasteiger partial charge on any atom is -0.475 e. The molecule has 456 valence electrons. The van der Waals surface area contributed by atoms with Crippen molar-refractivity contribution in [2.75, 3.05) is 81.4 Å². The van der Waals surface area contributed by atoms with Crippen molar-refractivity contribution in [3.05, 3.63) is 179 Å². The number of likely N-dealkylation sites (N-methyl/N-ethyl adjacent to an activating group) is 2. The van der Waals surface area contributed by atoms with Crippen LogP contribution in [0.15, 0.2) is 158 Å². The number of alkyl halides is 6. The van der Waals surface area contributed by atoms with Gasteiger partial charge in [-0.05, 0) is 118 Å². The normalized spacial score (nSPS) is 11.6. The van der Waals surface area contributed by atoms with Crippen molar-refractivity contribution in [2.24, 2.45) is 0 Å². The highest BCUT2D eigenvalue weighted by molar-refractivity contribution is 6.36. The van der Waals surface area contributed by atoms with E-state index in [1.54, 1.807) is 18.2 Å². The Morgan fingerprint density at radius 3 is 1.39 bits per heavy atom. The van der Waals surface area contributed by atoms with E-state index >= 15 is 0 Å². The summed E-state index contributed by atoms with van der Waals surface area (Å²) in [7, 11) is 7.78.